The molecule has 29 heavy (non-hydrogen) atoms. The highest BCUT2D eigenvalue weighted by Crippen LogP contribution is 2.25. The van der Waals surface area contributed by atoms with Gasteiger partial charge >= 0.3 is 0 Å². The minimum absolute atomic E-state index is 0.0758. The van der Waals surface area contributed by atoms with Crippen molar-refractivity contribution in [1.29, 1.82) is 0 Å². The number of amides is 2. The number of oxazole rings is 1. The fourth-order valence-corrected chi connectivity index (χ4v) is 3.92. The molecular formula is C19H28N6O3S. The largest absolute Gasteiger partial charge is 0.448 e. The third-order valence-electron chi connectivity index (χ3n) is 4.76. The molecular weight excluding hydrogens is 392 g/mol. The van der Waals surface area contributed by atoms with Gasteiger partial charge in [0.25, 0.3) is 5.91 Å². The van der Waals surface area contributed by atoms with Crippen LogP contribution in [-0.2, 0) is 16.6 Å². The molecule has 2 aromatic heterocycles. The summed E-state index contributed by atoms with van der Waals surface area (Å²) < 4.78 is 9.80. The van der Waals surface area contributed by atoms with Crippen LogP contribution in [0.2, 0.25) is 0 Å². The molecule has 0 saturated carbocycles. The molecule has 10 heteroatoms. The van der Waals surface area contributed by atoms with Crippen LogP contribution in [-0.4, -0.2) is 63.8 Å². The zero-order valence-corrected chi connectivity index (χ0v) is 18.2. The van der Waals surface area contributed by atoms with E-state index in [1.165, 1.54) is 17.9 Å². The molecule has 1 fully saturated rings. The molecule has 1 N–H and O–H groups in total. The number of carbonyl (C=O) groups excluding carboxylic acids is 2. The van der Waals surface area contributed by atoms with E-state index < -0.39 is 0 Å². The van der Waals surface area contributed by atoms with Crippen LogP contribution in [0.5, 0.6) is 0 Å². The van der Waals surface area contributed by atoms with Gasteiger partial charge in [-0.25, -0.2) is 9.97 Å². The average Bonchev–Trinajstić information content (AvgIpc) is 3.35. The molecule has 0 aliphatic carbocycles. The number of hydrogen-bond donors (Lipinski definition) is 1. The van der Waals surface area contributed by atoms with Gasteiger partial charge in [0.2, 0.25) is 11.0 Å². The molecule has 2 aromatic rings. The van der Waals surface area contributed by atoms with E-state index in [9.17, 15) is 9.59 Å². The molecule has 0 bridgehead atoms. The second-order valence-corrected chi connectivity index (χ2v) is 8.74. The highest BCUT2D eigenvalue weighted by molar-refractivity contribution is 7.09. The normalized spacial score (nSPS) is 16.6. The average molecular weight is 421 g/mol. The maximum absolute atomic E-state index is 13.0. The van der Waals surface area contributed by atoms with Gasteiger partial charge in [0, 0.05) is 62.5 Å². The number of nitrogens with zero attached hydrogens (tertiary/aromatic N) is 5. The van der Waals surface area contributed by atoms with Gasteiger partial charge in [-0.05, 0) is 0 Å². The first kappa shape index (κ1) is 21.2. The van der Waals surface area contributed by atoms with Crippen molar-refractivity contribution in [2.24, 2.45) is 0 Å². The van der Waals surface area contributed by atoms with Gasteiger partial charge < -0.3 is 19.5 Å². The van der Waals surface area contributed by atoms with Crippen molar-refractivity contribution in [3.05, 3.63) is 23.7 Å². The van der Waals surface area contributed by atoms with Gasteiger partial charge in [0.05, 0.1) is 0 Å². The van der Waals surface area contributed by atoms with Crippen molar-refractivity contribution in [3.8, 4) is 0 Å². The van der Waals surface area contributed by atoms with Gasteiger partial charge in [-0.15, -0.1) is 0 Å². The fourth-order valence-electron chi connectivity index (χ4n) is 3.01. The van der Waals surface area contributed by atoms with E-state index in [-0.39, 0.29) is 23.7 Å². The summed E-state index contributed by atoms with van der Waals surface area (Å²) in [6.07, 6.45) is 2.14. The Morgan fingerprint density at radius 3 is 2.76 bits per heavy atom. The van der Waals surface area contributed by atoms with Crippen molar-refractivity contribution in [3.63, 3.8) is 0 Å². The zero-order valence-electron chi connectivity index (χ0n) is 17.4. The van der Waals surface area contributed by atoms with Crippen LogP contribution in [0.15, 0.2) is 10.8 Å². The molecule has 1 aliphatic heterocycles. The minimum Gasteiger partial charge on any atom is -0.448 e. The van der Waals surface area contributed by atoms with E-state index >= 15 is 0 Å². The monoisotopic (exact) mass is 420 g/mol. The lowest BCUT2D eigenvalue weighted by Crippen LogP contribution is -2.45. The predicted molar refractivity (Wildman–Crippen MR) is 110 cm³/mol. The maximum atomic E-state index is 13.0. The van der Waals surface area contributed by atoms with Crippen LogP contribution in [0.1, 0.15) is 56.2 Å². The van der Waals surface area contributed by atoms with Crippen molar-refractivity contribution >= 4 is 28.5 Å². The van der Waals surface area contributed by atoms with Gasteiger partial charge in [0.15, 0.2) is 12.1 Å². The molecule has 9 nitrogen and oxygen atoms in total. The van der Waals surface area contributed by atoms with E-state index in [4.69, 9.17) is 4.42 Å². The molecule has 3 heterocycles. The standard InChI is InChI=1S/C19H28N6O3S/c1-5-13-15(21-12-28-13)16(27)24-8-6-14(26)20-7-9-25(11-10-24)18-22-17(23-29-18)19(2,3)4/h12H,5-11H2,1-4H3,(H,20,26). The lowest BCUT2D eigenvalue weighted by Gasteiger charge is -2.29. The summed E-state index contributed by atoms with van der Waals surface area (Å²) in [7, 11) is 0. The zero-order chi connectivity index (χ0) is 21.0. The minimum atomic E-state index is -0.212. The number of aryl methyl sites for hydroxylation is 1. The molecule has 2 amide bonds. The third-order valence-corrected chi connectivity index (χ3v) is 5.54. The number of nitrogens with one attached hydrogen (secondary N) is 1. The van der Waals surface area contributed by atoms with E-state index in [2.05, 4.69) is 45.3 Å². The summed E-state index contributed by atoms with van der Waals surface area (Å²) in [5, 5.41) is 3.71. The van der Waals surface area contributed by atoms with Crippen LogP contribution in [0.3, 0.4) is 0 Å². The van der Waals surface area contributed by atoms with E-state index in [0.29, 0.717) is 50.6 Å². The molecule has 0 radical (unpaired) electrons. The summed E-state index contributed by atoms with van der Waals surface area (Å²) >= 11 is 1.35. The molecule has 0 unspecified atom stereocenters. The molecule has 0 aromatic carbocycles. The van der Waals surface area contributed by atoms with E-state index in [1.807, 2.05) is 6.92 Å². The van der Waals surface area contributed by atoms with Crippen LogP contribution in [0.25, 0.3) is 0 Å². The van der Waals surface area contributed by atoms with Crippen LogP contribution in [0, 0.1) is 0 Å². The van der Waals surface area contributed by atoms with Crippen molar-refractivity contribution in [2.75, 3.05) is 37.6 Å². The molecule has 158 valence electrons. The highest BCUT2D eigenvalue weighted by atomic mass is 32.1. The van der Waals surface area contributed by atoms with Gasteiger partial charge in [-0.1, -0.05) is 27.7 Å². The summed E-state index contributed by atoms with van der Waals surface area (Å²) in [6, 6.07) is 0. The Kier molecular flexibility index (Phi) is 6.51. The SMILES string of the molecule is CCc1ocnc1C(=O)N1CCC(=O)NCCN(c2nc(C(C)(C)C)ns2)CC1. The number of carbonyl (C=O) groups is 2. The Hall–Kier alpha value is -2.49. The first-order valence-electron chi connectivity index (χ1n) is 9.87. The Labute approximate surface area is 174 Å². The lowest BCUT2D eigenvalue weighted by atomic mass is 9.96. The quantitative estimate of drug-likeness (QED) is 0.808. The lowest BCUT2D eigenvalue weighted by molar-refractivity contribution is -0.121. The third kappa shape index (κ3) is 5.11. The first-order chi connectivity index (χ1) is 13.8. The van der Waals surface area contributed by atoms with Gasteiger partial charge in [-0.3, -0.25) is 9.59 Å². The molecule has 0 spiro atoms. The summed E-state index contributed by atoms with van der Waals surface area (Å²) in [4.78, 5) is 37.7. The Balaban J connectivity index is 1.79. The number of rotatable bonds is 3. The second kappa shape index (κ2) is 8.89. The van der Waals surface area contributed by atoms with E-state index in [0.717, 1.165) is 11.0 Å². The van der Waals surface area contributed by atoms with E-state index in [1.54, 1.807) is 4.90 Å². The second-order valence-electron chi connectivity index (χ2n) is 8.01. The molecule has 3 rings (SSSR count). The summed E-state index contributed by atoms with van der Waals surface area (Å²) in [5.41, 5.74) is 0.188. The maximum Gasteiger partial charge on any atom is 0.276 e. The van der Waals surface area contributed by atoms with Gasteiger partial charge in [-0.2, -0.15) is 4.37 Å². The van der Waals surface area contributed by atoms with Crippen LogP contribution < -0.4 is 10.2 Å². The Morgan fingerprint density at radius 2 is 2.07 bits per heavy atom. The Bertz CT molecular complexity index is 856. The topological polar surface area (TPSA) is 104 Å². The molecule has 1 saturated heterocycles. The smallest absolute Gasteiger partial charge is 0.276 e. The first-order valence-corrected chi connectivity index (χ1v) is 10.6. The Morgan fingerprint density at radius 1 is 1.28 bits per heavy atom. The number of hydrogen-bond acceptors (Lipinski definition) is 8. The summed E-state index contributed by atoms with van der Waals surface area (Å²) in [6.45, 7) is 10.7. The number of aromatic nitrogens is 3. The van der Waals surface area contributed by atoms with Crippen molar-refractivity contribution in [1.82, 2.24) is 24.6 Å². The highest BCUT2D eigenvalue weighted by Gasteiger charge is 2.26. The fraction of sp³-hybridized carbons (Fsp3) is 0.632. The number of anilines is 1. The van der Waals surface area contributed by atoms with Gasteiger partial charge in [0.1, 0.15) is 11.6 Å². The molecule has 0 atom stereocenters. The summed E-state index contributed by atoms with van der Waals surface area (Å²) in [5.74, 6) is 1.07. The van der Waals surface area contributed by atoms with Crippen LogP contribution >= 0.6 is 11.5 Å². The molecule has 1 aliphatic rings. The van der Waals surface area contributed by atoms with Crippen molar-refractivity contribution in [2.45, 2.75) is 46.0 Å². The van der Waals surface area contributed by atoms with Crippen LogP contribution in [0.4, 0.5) is 5.13 Å². The van der Waals surface area contributed by atoms with Crippen molar-refractivity contribution < 1.29 is 14.0 Å². The predicted octanol–water partition coefficient (Wildman–Crippen LogP) is 1.85.